The smallest absolute Gasteiger partial charge is 0.186 e. The second kappa shape index (κ2) is 11.6. The summed E-state index contributed by atoms with van der Waals surface area (Å²) >= 11 is 0. The summed E-state index contributed by atoms with van der Waals surface area (Å²) in [6.45, 7) is -1.84. The maximum Gasteiger partial charge on any atom is 0.186 e. The summed E-state index contributed by atoms with van der Waals surface area (Å²) in [7, 11) is 0. The standard InChI is InChI=1S/C18H32O16/c19-1-4-7(20)11(24)14(27)17(33-4)31-3-6-9(22)12(25)15(28)18(34-6)30-2-5-8(21)10(23)13(26)16(29)32-5/h4-29H,1-3H2/t4-,5-,6-,7+,8+,9+,10+,11+,12+,13-,14-,15-,16+,17-,18-/m1/s1. The van der Waals surface area contributed by atoms with Crippen LogP contribution in [0.25, 0.3) is 0 Å². The molecule has 11 N–H and O–H groups in total. The zero-order chi connectivity index (χ0) is 25.3. The summed E-state index contributed by atoms with van der Waals surface area (Å²) in [6, 6.07) is 0. The molecule has 16 heteroatoms. The average Bonchev–Trinajstić information content (AvgIpc) is 2.82. The normalized spacial score (nSPS) is 52.5. The zero-order valence-electron chi connectivity index (χ0n) is 17.7. The van der Waals surface area contributed by atoms with E-state index in [-0.39, 0.29) is 0 Å². The predicted molar refractivity (Wildman–Crippen MR) is 101 cm³/mol. The maximum absolute atomic E-state index is 10.2. The molecule has 0 bridgehead atoms. The van der Waals surface area contributed by atoms with Crippen LogP contribution in [0.15, 0.2) is 0 Å². The van der Waals surface area contributed by atoms with Crippen molar-refractivity contribution in [2.45, 2.75) is 92.1 Å². The van der Waals surface area contributed by atoms with Gasteiger partial charge in [0.15, 0.2) is 18.9 Å². The predicted octanol–water partition coefficient (Wildman–Crippen LogP) is -7.57. The fourth-order valence-electron chi connectivity index (χ4n) is 3.84. The van der Waals surface area contributed by atoms with Crippen molar-refractivity contribution in [1.82, 2.24) is 0 Å². The summed E-state index contributed by atoms with van der Waals surface area (Å²) in [5, 5.41) is 108. The molecule has 3 aliphatic heterocycles. The Bertz CT molecular complexity index is 639. The summed E-state index contributed by atoms with van der Waals surface area (Å²) in [5.41, 5.74) is 0. The van der Waals surface area contributed by atoms with Gasteiger partial charge in [0.2, 0.25) is 0 Å². The molecule has 200 valence electrons. The van der Waals surface area contributed by atoms with Gasteiger partial charge in [-0.2, -0.15) is 0 Å². The molecule has 15 atom stereocenters. The van der Waals surface area contributed by atoms with Crippen LogP contribution < -0.4 is 0 Å². The summed E-state index contributed by atoms with van der Waals surface area (Å²) in [4.78, 5) is 0. The molecule has 3 fully saturated rings. The second-order valence-corrected chi connectivity index (χ2v) is 8.42. The highest BCUT2D eigenvalue weighted by Gasteiger charge is 2.48. The van der Waals surface area contributed by atoms with Gasteiger partial charge in [0.25, 0.3) is 0 Å². The largest absolute Gasteiger partial charge is 0.394 e. The van der Waals surface area contributed by atoms with Crippen molar-refractivity contribution >= 4 is 0 Å². The molecule has 0 aromatic carbocycles. The van der Waals surface area contributed by atoms with E-state index in [1.165, 1.54) is 0 Å². The van der Waals surface area contributed by atoms with Crippen LogP contribution in [-0.4, -0.2) is 168 Å². The van der Waals surface area contributed by atoms with Crippen molar-refractivity contribution in [3.05, 3.63) is 0 Å². The number of hydrogen-bond acceptors (Lipinski definition) is 16. The number of aliphatic hydroxyl groups excluding tert-OH is 11. The van der Waals surface area contributed by atoms with E-state index in [4.69, 9.17) is 23.7 Å². The minimum absolute atomic E-state index is 0.570. The van der Waals surface area contributed by atoms with Gasteiger partial charge >= 0.3 is 0 Å². The minimum Gasteiger partial charge on any atom is -0.394 e. The monoisotopic (exact) mass is 504 g/mol. The number of aliphatic hydroxyl groups is 11. The van der Waals surface area contributed by atoms with Crippen LogP contribution in [0.3, 0.4) is 0 Å². The van der Waals surface area contributed by atoms with Gasteiger partial charge in [-0.05, 0) is 0 Å². The van der Waals surface area contributed by atoms with Crippen LogP contribution in [0.2, 0.25) is 0 Å². The van der Waals surface area contributed by atoms with Crippen LogP contribution in [0.4, 0.5) is 0 Å². The molecule has 0 unspecified atom stereocenters. The highest BCUT2D eigenvalue weighted by molar-refractivity contribution is 4.92. The average molecular weight is 504 g/mol. The molecule has 0 aromatic heterocycles. The summed E-state index contributed by atoms with van der Waals surface area (Å²) in [5.74, 6) is 0. The lowest BCUT2D eigenvalue weighted by Gasteiger charge is -2.43. The lowest BCUT2D eigenvalue weighted by molar-refractivity contribution is -0.340. The fourth-order valence-corrected chi connectivity index (χ4v) is 3.84. The van der Waals surface area contributed by atoms with Gasteiger partial charge in [-0.3, -0.25) is 0 Å². The Morgan fingerprint density at radius 1 is 0.441 bits per heavy atom. The van der Waals surface area contributed by atoms with E-state index in [0.717, 1.165) is 0 Å². The van der Waals surface area contributed by atoms with Gasteiger partial charge in [-0.1, -0.05) is 0 Å². The van der Waals surface area contributed by atoms with Crippen LogP contribution in [0, 0.1) is 0 Å². The Morgan fingerprint density at radius 3 is 1.29 bits per heavy atom. The molecule has 3 heterocycles. The van der Waals surface area contributed by atoms with E-state index in [1.54, 1.807) is 0 Å². The molecule has 3 aliphatic rings. The molecule has 34 heavy (non-hydrogen) atoms. The first-order chi connectivity index (χ1) is 16.0. The van der Waals surface area contributed by atoms with Gasteiger partial charge in [-0.25, -0.2) is 0 Å². The fraction of sp³-hybridized carbons (Fsp3) is 1.00. The summed E-state index contributed by atoms with van der Waals surface area (Å²) in [6.07, 6.45) is -24.4. The molecule has 0 aliphatic carbocycles. The topological polar surface area (TPSA) is 269 Å². The van der Waals surface area contributed by atoms with E-state index >= 15 is 0 Å². The van der Waals surface area contributed by atoms with Crippen molar-refractivity contribution in [3.8, 4) is 0 Å². The Morgan fingerprint density at radius 2 is 0.824 bits per heavy atom. The van der Waals surface area contributed by atoms with E-state index in [0.29, 0.717) is 0 Å². The van der Waals surface area contributed by atoms with Crippen molar-refractivity contribution in [2.75, 3.05) is 19.8 Å². The third kappa shape index (κ3) is 5.68. The highest BCUT2D eigenvalue weighted by atomic mass is 16.7. The zero-order valence-corrected chi connectivity index (χ0v) is 17.7. The molecule has 16 nitrogen and oxygen atoms in total. The van der Waals surface area contributed by atoms with Crippen LogP contribution in [0.5, 0.6) is 0 Å². The lowest BCUT2D eigenvalue weighted by atomic mass is 9.98. The molecule has 0 radical (unpaired) electrons. The number of hydrogen-bond donors (Lipinski definition) is 11. The van der Waals surface area contributed by atoms with Gasteiger partial charge in [-0.15, -0.1) is 0 Å². The molecular formula is C18H32O16. The Labute approximate surface area is 192 Å². The van der Waals surface area contributed by atoms with Gasteiger partial charge in [0.1, 0.15) is 73.2 Å². The summed E-state index contributed by atoms with van der Waals surface area (Å²) < 4.78 is 26.1. The Balaban J connectivity index is 1.58. The van der Waals surface area contributed by atoms with Crippen LogP contribution >= 0.6 is 0 Å². The SMILES string of the molecule is OC[C@H]1O[C@@H](OC[C@H]2O[C@@H](OC[C@H]3O[C@H](O)[C@H](O)[C@@H](O)[C@H]3O)[C@H](O)[C@@H](O)[C@H]2O)[C@H](O)[C@@H](O)[C@H]1O. The first kappa shape index (κ1) is 27.9. The molecule has 0 aromatic rings. The molecule has 3 saturated heterocycles. The molecule has 0 spiro atoms. The third-order valence-corrected chi connectivity index (χ3v) is 6.05. The van der Waals surface area contributed by atoms with Gasteiger partial charge < -0.3 is 79.9 Å². The van der Waals surface area contributed by atoms with Crippen molar-refractivity contribution < 1.29 is 79.9 Å². The highest BCUT2D eigenvalue weighted by Crippen LogP contribution is 2.27. The maximum atomic E-state index is 10.2. The quantitative estimate of drug-likeness (QED) is 0.154. The molecular weight excluding hydrogens is 472 g/mol. The second-order valence-electron chi connectivity index (χ2n) is 8.42. The first-order valence-corrected chi connectivity index (χ1v) is 10.6. The lowest BCUT2D eigenvalue weighted by Crippen LogP contribution is -2.62. The van der Waals surface area contributed by atoms with E-state index < -0.39 is 112 Å². The first-order valence-electron chi connectivity index (χ1n) is 10.6. The van der Waals surface area contributed by atoms with Gasteiger partial charge in [0.05, 0.1) is 19.8 Å². The Kier molecular flexibility index (Phi) is 9.54. The van der Waals surface area contributed by atoms with Crippen LogP contribution in [0.1, 0.15) is 0 Å². The molecule has 0 saturated carbocycles. The Hall–Kier alpha value is -0.640. The van der Waals surface area contributed by atoms with Gasteiger partial charge in [0, 0.05) is 0 Å². The van der Waals surface area contributed by atoms with Crippen LogP contribution in [-0.2, 0) is 23.7 Å². The molecule has 3 rings (SSSR count). The van der Waals surface area contributed by atoms with E-state index in [2.05, 4.69) is 0 Å². The third-order valence-electron chi connectivity index (χ3n) is 6.05. The number of rotatable bonds is 7. The van der Waals surface area contributed by atoms with Crippen molar-refractivity contribution in [2.24, 2.45) is 0 Å². The number of ether oxygens (including phenoxy) is 5. The van der Waals surface area contributed by atoms with E-state index in [9.17, 15) is 56.2 Å². The molecule has 0 amide bonds. The van der Waals surface area contributed by atoms with E-state index in [1.807, 2.05) is 0 Å². The minimum atomic E-state index is -1.82. The van der Waals surface area contributed by atoms with Crippen molar-refractivity contribution in [1.29, 1.82) is 0 Å². The van der Waals surface area contributed by atoms with Crippen molar-refractivity contribution in [3.63, 3.8) is 0 Å².